The van der Waals surface area contributed by atoms with Crippen molar-refractivity contribution in [2.24, 2.45) is 0 Å². The molecule has 0 spiro atoms. The van der Waals surface area contributed by atoms with Gasteiger partial charge in [-0.25, -0.2) is 4.68 Å². The summed E-state index contributed by atoms with van der Waals surface area (Å²) in [6.45, 7) is 3.40. The van der Waals surface area contributed by atoms with Crippen LogP contribution in [0, 0.1) is 0 Å². The number of nitrogens with zero attached hydrogens (tertiary/aromatic N) is 3. The van der Waals surface area contributed by atoms with E-state index in [-0.39, 0.29) is 10.7 Å². The van der Waals surface area contributed by atoms with Crippen LogP contribution < -0.4 is 5.32 Å². The number of hydrogen-bond acceptors (Lipinski definition) is 3. The third kappa shape index (κ3) is 3.95. The van der Waals surface area contributed by atoms with Crippen LogP contribution in [0.25, 0.3) is 5.69 Å². The molecule has 0 aliphatic heterocycles. The first-order valence-electron chi connectivity index (χ1n) is 6.41. The van der Waals surface area contributed by atoms with Crippen molar-refractivity contribution in [2.75, 3.05) is 6.54 Å². The first kappa shape index (κ1) is 15.8. The summed E-state index contributed by atoms with van der Waals surface area (Å²) in [6, 6.07) is 3.63. The van der Waals surface area contributed by atoms with Crippen molar-refractivity contribution < 1.29 is 13.2 Å². The Bertz CT molecular complexity index is 610. The minimum Gasteiger partial charge on any atom is -0.311 e. The average Bonchev–Trinajstić information content (AvgIpc) is 2.87. The highest BCUT2D eigenvalue weighted by molar-refractivity contribution is 6.31. The van der Waals surface area contributed by atoms with E-state index in [1.54, 1.807) is 6.20 Å². The van der Waals surface area contributed by atoms with E-state index in [0.29, 0.717) is 12.2 Å². The van der Waals surface area contributed by atoms with Crippen molar-refractivity contribution in [3.63, 3.8) is 0 Å². The number of aromatic nitrogens is 3. The van der Waals surface area contributed by atoms with Crippen LogP contribution in [-0.4, -0.2) is 21.5 Å². The van der Waals surface area contributed by atoms with Gasteiger partial charge in [0.2, 0.25) is 0 Å². The fraction of sp³-hybridized carbons (Fsp3) is 0.385. The second-order valence-electron chi connectivity index (χ2n) is 4.49. The zero-order valence-corrected chi connectivity index (χ0v) is 12.0. The Morgan fingerprint density at radius 2 is 2.10 bits per heavy atom. The highest BCUT2D eigenvalue weighted by Crippen LogP contribution is 2.35. The quantitative estimate of drug-likeness (QED) is 0.859. The van der Waals surface area contributed by atoms with E-state index in [4.69, 9.17) is 11.6 Å². The number of rotatable bonds is 5. The third-order valence-electron chi connectivity index (χ3n) is 2.79. The summed E-state index contributed by atoms with van der Waals surface area (Å²) in [5.74, 6) is 0. The molecule has 1 aromatic carbocycles. The van der Waals surface area contributed by atoms with Crippen molar-refractivity contribution in [1.29, 1.82) is 0 Å². The van der Waals surface area contributed by atoms with Crippen LogP contribution in [0.3, 0.4) is 0 Å². The smallest absolute Gasteiger partial charge is 0.311 e. The van der Waals surface area contributed by atoms with Gasteiger partial charge in [-0.15, -0.1) is 5.10 Å². The first-order valence-corrected chi connectivity index (χ1v) is 6.78. The van der Waals surface area contributed by atoms with Gasteiger partial charge in [0.25, 0.3) is 0 Å². The summed E-state index contributed by atoms with van der Waals surface area (Å²) in [4.78, 5) is 0. The maximum atomic E-state index is 12.8. The van der Waals surface area contributed by atoms with E-state index in [9.17, 15) is 13.2 Å². The molecule has 0 saturated heterocycles. The van der Waals surface area contributed by atoms with E-state index in [0.717, 1.165) is 19.0 Å². The van der Waals surface area contributed by atoms with Crippen LogP contribution in [0.1, 0.15) is 24.6 Å². The molecule has 0 aliphatic carbocycles. The van der Waals surface area contributed by atoms with Gasteiger partial charge in [0.1, 0.15) is 0 Å². The van der Waals surface area contributed by atoms with Gasteiger partial charge in [0, 0.05) is 6.54 Å². The number of hydrogen-bond donors (Lipinski definition) is 1. The second kappa shape index (κ2) is 6.44. The predicted octanol–water partition coefficient (Wildman–Crippen LogP) is 3.44. The molecule has 0 bridgehead atoms. The summed E-state index contributed by atoms with van der Waals surface area (Å²) < 4.78 is 39.7. The molecule has 2 aromatic rings. The van der Waals surface area contributed by atoms with Gasteiger partial charge in [-0.1, -0.05) is 23.7 Å². The predicted molar refractivity (Wildman–Crippen MR) is 73.4 cm³/mol. The van der Waals surface area contributed by atoms with E-state index in [2.05, 4.69) is 15.6 Å². The van der Waals surface area contributed by atoms with Gasteiger partial charge >= 0.3 is 6.18 Å². The van der Waals surface area contributed by atoms with Crippen LogP contribution >= 0.6 is 11.6 Å². The maximum absolute atomic E-state index is 12.8. The van der Waals surface area contributed by atoms with Gasteiger partial charge < -0.3 is 5.32 Å². The number of alkyl halides is 3. The fourth-order valence-electron chi connectivity index (χ4n) is 1.77. The number of benzene rings is 1. The minimum absolute atomic E-state index is 0.265. The van der Waals surface area contributed by atoms with E-state index < -0.39 is 11.7 Å². The molecular formula is C13H14ClF3N4. The minimum atomic E-state index is -4.50. The van der Waals surface area contributed by atoms with Gasteiger partial charge in [-0.05, 0) is 31.2 Å². The zero-order valence-electron chi connectivity index (χ0n) is 11.3. The molecule has 4 nitrogen and oxygen atoms in total. The van der Waals surface area contributed by atoms with E-state index in [1.165, 1.54) is 16.8 Å². The molecule has 0 fully saturated rings. The Hall–Kier alpha value is -1.60. The van der Waals surface area contributed by atoms with Crippen LogP contribution in [0.2, 0.25) is 5.02 Å². The summed E-state index contributed by atoms with van der Waals surface area (Å²) in [5.41, 5.74) is 0.0377. The Balaban J connectivity index is 2.22. The monoisotopic (exact) mass is 318 g/mol. The van der Waals surface area contributed by atoms with Gasteiger partial charge in [-0.3, -0.25) is 0 Å². The molecular weight excluding hydrogens is 305 g/mol. The molecule has 21 heavy (non-hydrogen) atoms. The van der Waals surface area contributed by atoms with Crippen LogP contribution in [-0.2, 0) is 12.7 Å². The van der Waals surface area contributed by atoms with E-state index >= 15 is 0 Å². The summed E-state index contributed by atoms with van der Waals surface area (Å²) in [7, 11) is 0. The summed E-state index contributed by atoms with van der Waals surface area (Å²) in [6.07, 6.45) is -1.93. The van der Waals surface area contributed by atoms with Gasteiger partial charge in [0.05, 0.1) is 28.2 Å². The van der Waals surface area contributed by atoms with Crippen molar-refractivity contribution >= 4 is 11.6 Å². The maximum Gasteiger partial charge on any atom is 0.417 e. The number of halogens is 4. The SMILES string of the molecule is CCCNCc1cn(-c2ccc(Cl)c(C(F)(F)F)c2)nn1. The normalized spacial score (nSPS) is 11.9. The second-order valence-corrected chi connectivity index (χ2v) is 4.90. The molecule has 2 rings (SSSR count). The van der Waals surface area contributed by atoms with Gasteiger partial charge in [0.15, 0.2) is 0 Å². The standard InChI is InChI=1S/C13H14ClF3N4/c1-2-5-18-7-9-8-21(20-19-9)10-3-4-12(14)11(6-10)13(15,16)17/h3-4,6,8,18H,2,5,7H2,1H3. The lowest BCUT2D eigenvalue weighted by molar-refractivity contribution is -0.137. The third-order valence-corrected chi connectivity index (χ3v) is 3.12. The molecule has 114 valence electrons. The molecule has 1 heterocycles. The Morgan fingerprint density at radius 3 is 2.76 bits per heavy atom. The molecule has 1 aromatic heterocycles. The fourth-order valence-corrected chi connectivity index (χ4v) is 2.00. The lowest BCUT2D eigenvalue weighted by Gasteiger charge is -2.10. The van der Waals surface area contributed by atoms with Crippen LogP contribution in [0.4, 0.5) is 13.2 Å². The highest BCUT2D eigenvalue weighted by Gasteiger charge is 2.33. The average molecular weight is 319 g/mol. The molecule has 1 N–H and O–H groups in total. The molecule has 0 radical (unpaired) electrons. The van der Waals surface area contributed by atoms with Crippen LogP contribution in [0.15, 0.2) is 24.4 Å². The first-order chi connectivity index (χ1) is 9.91. The van der Waals surface area contributed by atoms with Gasteiger partial charge in [-0.2, -0.15) is 13.2 Å². The van der Waals surface area contributed by atoms with Crippen molar-refractivity contribution in [3.8, 4) is 5.69 Å². The molecule has 0 atom stereocenters. The molecule has 0 saturated carbocycles. The topological polar surface area (TPSA) is 42.7 Å². The number of nitrogens with one attached hydrogen (secondary N) is 1. The largest absolute Gasteiger partial charge is 0.417 e. The van der Waals surface area contributed by atoms with Crippen molar-refractivity contribution in [2.45, 2.75) is 26.1 Å². The van der Waals surface area contributed by atoms with Crippen molar-refractivity contribution in [3.05, 3.63) is 40.7 Å². The Labute approximate surface area is 124 Å². The van der Waals surface area contributed by atoms with E-state index in [1.807, 2.05) is 6.92 Å². The summed E-state index contributed by atoms with van der Waals surface area (Å²) in [5, 5.41) is 10.6. The lowest BCUT2D eigenvalue weighted by Crippen LogP contribution is -2.13. The molecule has 8 heteroatoms. The Morgan fingerprint density at radius 1 is 1.33 bits per heavy atom. The molecule has 0 aliphatic rings. The zero-order chi connectivity index (χ0) is 15.5. The highest BCUT2D eigenvalue weighted by atomic mass is 35.5. The van der Waals surface area contributed by atoms with Crippen molar-refractivity contribution in [1.82, 2.24) is 20.3 Å². The molecule has 0 amide bonds. The molecule has 0 unspecified atom stereocenters. The Kier molecular flexibility index (Phi) is 4.84. The van der Waals surface area contributed by atoms with Crippen LogP contribution in [0.5, 0.6) is 0 Å². The lowest BCUT2D eigenvalue weighted by atomic mass is 10.2. The summed E-state index contributed by atoms with van der Waals surface area (Å²) >= 11 is 5.58.